The second-order valence-electron chi connectivity index (χ2n) is 5.41. The second kappa shape index (κ2) is 6.04. The average Bonchev–Trinajstić information content (AvgIpc) is 2.75. The van der Waals surface area contributed by atoms with Gasteiger partial charge in [0.05, 0.1) is 6.61 Å². The van der Waals surface area contributed by atoms with E-state index in [4.69, 9.17) is 4.74 Å². The van der Waals surface area contributed by atoms with Gasteiger partial charge in [-0.2, -0.15) is 0 Å². The molecule has 1 atom stereocenters. The Morgan fingerprint density at radius 1 is 1.33 bits per heavy atom. The maximum absolute atomic E-state index is 12.0. The van der Waals surface area contributed by atoms with Gasteiger partial charge >= 0.3 is 6.09 Å². The summed E-state index contributed by atoms with van der Waals surface area (Å²) >= 11 is 0. The summed E-state index contributed by atoms with van der Waals surface area (Å²) in [4.78, 5) is 25.2. The van der Waals surface area contributed by atoms with Crippen LogP contribution in [-0.2, 0) is 9.53 Å². The number of amides is 2. The molecule has 0 radical (unpaired) electrons. The van der Waals surface area contributed by atoms with Crippen LogP contribution in [-0.4, -0.2) is 53.3 Å². The van der Waals surface area contributed by atoms with E-state index in [1.807, 2.05) is 0 Å². The zero-order valence-corrected chi connectivity index (χ0v) is 11.2. The topological polar surface area (TPSA) is 78.9 Å². The molecule has 1 aliphatic rings. The second-order valence-corrected chi connectivity index (χ2v) is 5.41. The number of nitrogens with zero attached hydrogens (tertiary/aromatic N) is 1. The van der Waals surface area contributed by atoms with Crippen molar-refractivity contribution in [2.24, 2.45) is 0 Å². The van der Waals surface area contributed by atoms with E-state index < -0.39 is 24.3 Å². The van der Waals surface area contributed by atoms with Gasteiger partial charge in [0, 0.05) is 13.1 Å². The lowest BCUT2D eigenvalue weighted by Gasteiger charge is -2.25. The molecule has 1 aliphatic heterocycles. The van der Waals surface area contributed by atoms with Crippen molar-refractivity contribution in [3.05, 3.63) is 0 Å². The maximum Gasteiger partial charge on any atom is 0.408 e. The smallest absolute Gasteiger partial charge is 0.408 e. The number of likely N-dealkylation sites (tertiary alicyclic amines) is 1. The van der Waals surface area contributed by atoms with E-state index in [2.05, 4.69) is 5.32 Å². The van der Waals surface area contributed by atoms with Crippen LogP contribution < -0.4 is 5.32 Å². The van der Waals surface area contributed by atoms with E-state index in [0.717, 1.165) is 12.8 Å². The highest BCUT2D eigenvalue weighted by Crippen LogP contribution is 2.10. The fraction of sp³-hybridized carbons (Fsp3) is 0.833. The number of alkyl carbamates (subject to hydrolysis) is 1. The van der Waals surface area contributed by atoms with Crippen LogP contribution in [0.15, 0.2) is 0 Å². The molecular formula is C12H22N2O4. The Bertz CT molecular complexity index is 306. The molecule has 0 bridgehead atoms. The van der Waals surface area contributed by atoms with E-state index in [-0.39, 0.29) is 5.91 Å². The first-order chi connectivity index (χ1) is 8.33. The van der Waals surface area contributed by atoms with Gasteiger partial charge in [-0.15, -0.1) is 0 Å². The lowest BCUT2D eigenvalue weighted by atomic mass is 10.2. The molecular weight excluding hydrogens is 236 g/mol. The molecule has 1 rings (SSSR count). The third-order valence-electron chi connectivity index (χ3n) is 2.59. The first kappa shape index (κ1) is 14.8. The van der Waals surface area contributed by atoms with Crippen LogP contribution in [0.3, 0.4) is 0 Å². The van der Waals surface area contributed by atoms with Crippen LogP contribution in [0.25, 0.3) is 0 Å². The number of hydrogen-bond donors (Lipinski definition) is 2. The van der Waals surface area contributed by atoms with Gasteiger partial charge in [-0.1, -0.05) is 0 Å². The number of aliphatic hydroxyl groups is 1. The number of carbonyl (C=O) groups excluding carboxylic acids is 2. The third-order valence-corrected chi connectivity index (χ3v) is 2.59. The number of ether oxygens (including phenoxy) is 1. The van der Waals surface area contributed by atoms with E-state index in [9.17, 15) is 14.7 Å². The van der Waals surface area contributed by atoms with E-state index >= 15 is 0 Å². The summed E-state index contributed by atoms with van der Waals surface area (Å²) in [6, 6.07) is -0.919. The molecule has 1 heterocycles. The number of hydrogen-bond acceptors (Lipinski definition) is 4. The molecule has 6 nitrogen and oxygen atoms in total. The van der Waals surface area contributed by atoms with E-state index in [0.29, 0.717) is 13.1 Å². The molecule has 0 aromatic rings. The zero-order chi connectivity index (χ0) is 13.8. The Hall–Kier alpha value is -1.30. The summed E-state index contributed by atoms with van der Waals surface area (Å²) in [6.45, 7) is 6.17. The van der Waals surface area contributed by atoms with Gasteiger partial charge in [0.25, 0.3) is 0 Å². The first-order valence-corrected chi connectivity index (χ1v) is 6.22. The minimum Gasteiger partial charge on any atom is -0.444 e. The minimum absolute atomic E-state index is 0.249. The van der Waals surface area contributed by atoms with E-state index in [1.165, 1.54) is 0 Å². The predicted octanol–water partition coefficient (Wildman–Crippen LogP) is 0.494. The van der Waals surface area contributed by atoms with Crippen LogP contribution in [0.1, 0.15) is 33.6 Å². The van der Waals surface area contributed by atoms with Gasteiger partial charge in [0.2, 0.25) is 5.91 Å². The number of nitrogens with one attached hydrogen (secondary N) is 1. The molecule has 0 aliphatic carbocycles. The van der Waals surface area contributed by atoms with Gasteiger partial charge in [-0.05, 0) is 33.6 Å². The molecule has 1 fully saturated rings. The summed E-state index contributed by atoms with van der Waals surface area (Å²) < 4.78 is 5.05. The van der Waals surface area contributed by atoms with Crippen molar-refractivity contribution in [2.75, 3.05) is 19.7 Å². The lowest BCUT2D eigenvalue weighted by molar-refractivity contribution is -0.133. The zero-order valence-electron chi connectivity index (χ0n) is 11.2. The molecule has 1 saturated heterocycles. The Balaban J connectivity index is 2.50. The van der Waals surface area contributed by atoms with Crippen molar-refractivity contribution in [3.8, 4) is 0 Å². The normalized spacial score (nSPS) is 17.4. The Kier molecular flexibility index (Phi) is 4.95. The molecule has 104 valence electrons. The Labute approximate surface area is 107 Å². The summed E-state index contributed by atoms with van der Waals surface area (Å²) in [5, 5.41) is 11.6. The molecule has 18 heavy (non-hydrogen) atoms. The highest BCUT2D eigenvalue weighted by Gasteiger charge is 2.28. The Morgan fingerprint density at radius 3 is 2.33 bits per heavy atom. The largest absolute Gasteiger partial charge is 0.444 e. The van der Waals surface area contributed by atoms with Gasteiger partial charge in [0.15, 0.2) is 0 Å². The summed E-state index contributed by atoms with van der Waals surface area (Å²) in [5.74, 6) is -0.249. The van der Waals surface area contributed by atoms with E-state index in [1.54, 1.807) is 25.7 Å². The molecule has 0 saturated carbocycles. The van der Waals surface area contributed by atoms with Crippen LogP contribution in [0.2, 0.25) is 0 Å². The molecule has 0 unspecified atom stereocenters. The summed E-state index contributed by atoms with van der Waals surface area (Å²) in [7, 11) is 0. The number of rotatable bonds is 3. The average molecular weight is 258 g/mol. The standard InChI is InChI=1S/C12H22N2O4/c1-12(2,3)18-11(17)13-9(8-15)10(16)14-6-4-5-7-14/h9,15H,4-8H2,1-3H3,(H,13,17)/t9-/m0/s1. The third kappa shape index (κ3) is 4.52. The number of carbonyl (C=O) groups is 2. The van der Waals surface area contributed by atoms with Crippen molar-refractivity contribution in [1.29, 1.82) is 0 Å². The van der Waals surface area contributed by atoms with Gasteiger partial charge in [-0.3, -0.25) is 4.79 Å². The molecule has 0 aromatic carbocycles. The van der Waals surface area contributed by atoms with Crippen molar-refractivity contribution < 1.29 is 19.4 Å². The van der Waals surface area contributed by atoms with Crippen LogP contribution in [0, 0.1) is 0 Å². The Morgan fingerprint density at radius 2 is 1.89 bits per heavy atom. The number of aliphatic hydroxyl groups excluding tert-OH is 1. The van der Waals surface area contributed by atoms with Crippen LogP contribution in [0.5, 0.6) is 0 Å². The van der Waals surface area contributed by atoms with Crippen LogP contribution >= 0.6 is 0 Å². The molecule has 6 heteroatoms. The maximum atomic E-state index is 12.0. The summed E-state index contributed by atoms with van der Waals surface area (Å²) in [6.07, 6.45) is 1.25. The van der Waals surface area contributed by atoms with Gasteiger partial charge < -0.3 is 20.1 Å². The van der Waals surface area contributed by atoms with Crippen molar-refractivity contribution in [1.82, 2.24) is 10.2 Å². The first-order valence-electron chi connectivity index (χ1n) is 6.22. The highest BCUT2D eigenvalue weighted by atomic mass is 16.6. The lowest BCUT2D eigenvalue weighted by Crippen LogP contribution is -2.50. The van der Waals surface area contributed by atoms with Gasteiger partial charge in [-0.25, -0.2) is 4.79 Å². The monoisotopic (exact) mass is 258 g/mol. The van der Waals surface area contributed by atoms with Crippen molar-refractivity contribution in [3.63, 3.8) is 0 Å². The predicted molar refractivity (Wildman–Crippen MR) is 66.1 cm³/mol. The van der Waals surface area contributed by atoms with Crippen molar-refractivity contribution in [2.45, 2.75) is 45.3 Å². The summed E-state index contributed by atoms with van der Waals surface area (Å²) in [5.41, 5.74) is -0.624. The molecule has 0 aromatic heterocycles. The fourth-order valence-corrected chi connectivity index (χ4v) is 1.79. The molecule has 2 amide bonds. The van der Waals surface area contributed by atoms with Gasteiger partial charge in [0.1, 0.15) is 11.6 Å². The fourth-order valence-electron chi connectivity index (χ4n) is 1.79. The molecule has 0 spiro atoms. The molecule has 2 N–H and O–H groups in total. The quantitative estimate of drug-likeness (QED) is 0.772. The van der Waals surface area contributed by atoms with Crippen LogP contribution in [0.4, 0.5) is 4.79 Å². The highest BCUT2D eigenvalue weighted by molar-refractivity contribution is 5.86. The van der Waals surface area contributed by atoms with Crippen molar-refractivity contribution >= 4 is 12.0 Å². The SMILES string of the molecule is CC(C)(C)OC(=O)N[C@@H](CO)C(=O)N1CCCC1. The minimum atomic E-state index is -0.919.